The lowest BCUT2D eigenvalue weighted by Crippen LogP contribution is -2.60. The van der Waals surface area contributed by atoms with Gasteiger partial charge in [-0.25, -0.2) is 0 Å². The van der Waals surface area contributed by atoms with Crippen molar-refractivity contribution in [2.75, 3.05) is 13.2 Å². The third-order valence-electron chi connectivity index (χ3n) is 5.45. The zero-order valence-electron chi connectivity index (χ0n) is 19.0. The molecule has 0 unspecified atom stereocenters. The smallest absolute Gasteiger partial charge is 0.249 e. The molecule has 0 radical (unpaired) electrons. The number of aliphatic hydroxyl groups excluding tert-OH is 6. The standard InChI is InChI=1S/C22H41NO9/c1-3-5-7-9-11-16(26)21(30)23-14(15(25)10-8-6-4-2)13-31-22-20(29)19(28)18(27)17(12-24)32-22/h8,10,14-20,22,24-29H,3-7,9,11-13H2,1-2H3,(H,23,30)/b10-8+/t14-,15+,16+,17+,18+,19-,20+,22+/m0/s1. The summed E-state index contributed by atoms with van der Waals surface area (Å²) in [4.78, 5) is 12.4. The number of carbonyl (C=O) groups is 1. The quantitative estimate of drug-likeness (QED) is 0.123. The van der Waals surface area contributed by atoms with Crippen molar-refractivity contribution in [3.05, 3.63) is 12.2 Å². The Morgan fingerprint density at radius 3 is 2.41 bits per heavy atom. The van der Waals surface area contributed by atoms with Gasteiger partial charge in [-0.1, -0.05) is 58.1 Å². The highest BCUT2D eigenvalue weighted by Gasteiger charge is 2.44. The fraction of sp³-hybridized carbons (Fsp3) is 0.864. The largest absolute Gasteiger partial charge is 0.394 e. The van der Waals surface area contributed by atoms with E-state index in [1.54, 1.807) is 6.08 Å². The van der Waals surface area contributed by atoms with Crippen LogP contribution >= 0.6 is 0 Å². The zero-order chi connectivity index (χ0) is 24.1. The average Bonchev–Trinajstić information content (AvgIpc) is 2.78. The van der Waals surface area contributed by atoms with Crippen LogP contribution in [0.5, 0.6) is 0 Å². The van der Waals surface area contributed by atoms with Crippen molar-refractivity contribution in [2.45, 2.75) is 108 Å². The summed E-state index contributed by atoms with van der Waals surface area (Å²) in [6.07, 6.45) is -0.761. The van der Waals surface area contributed by atoms with Crippen molar-refractivity contribution in [2.24, 2.45) is 0 Å². The third kappa shape index (κ3) is 9.40. The number of amides is 1. The monoisotopic (exact) mass is 463 g/mol. The Bertz CT molecular complexity index is 545. The molecule has 0 aromatic heterocycles. The number of aliphatic hydroxyl groups is 6. The van der Waals surface area contributed by atoms with Gasteiger partial charge in [0, 0.05) is 0 Å². The van der Waals surface area contributed by atoms with E-state index in [2.05, 4.69) is 12.2 Å². The second-order valence-corrected chi connectivity index (χ2v) is 8.22. The molecule has 7 N–H and O–H groups in total. The minimum absolute atomic E-state index is 0.299. The highest BCUT2D eigenvalue weighted by atomic mass is 16.7. The van der Waals surface area contributed by atoms with Crippen LogP contribution in [0.25, 0.3) is 0 Å². The van der Waals surface area contributed by atoms with E-state index >= 15 is 0 Å². The predicted octanol–water partition coefficient (Wildman–Crippen LogP) is -0.664. The van der Waals surface area contributed by atoms with Crippen molar-refractivity contribution >= 4 is 5.91 Å². The van der Waals surface area contributed by atoms with Crippen LogP contribution < -0.4 is 5.32 Å². The van der Waals surface area contributed by atoms with Crippen molar-refractivity contribution in [1.29, 1.82) is 0 Å². The number of nitrogens with one attached hydrogen (secondary N) is 1. The summed E-state index contributed by atoms with van der Waals surface area (Å²) in [5.74, 6) is -0.646. The summed E-state index contributed by atoms with van der Waals surface area (Å²) >= 11 is 0. The third-order valence-corrected chi connectivity index (χ3v) is 5.45. The molecule has 0 spiro atoms. The molecule has 1 saturated heterocycles. The van der Waals surface area contributed by atoms with Gasteiger partial charge in [-0.2, -0.15) is 0 Å². The van der Waals surface area contributed by atoms with Crippen LogP contribution in [0.3, 0.4) is 0 Å². The lowest BCUT2D eigenvalue weighted by molar-refractivity contribution is -0.302. The van der Waals surface area contributed by atoms with Gasteiger partial charge in [0.15, 0.2) is 6.29 Å². The highest BCUT2D eigenvalue weighted by Crippen LogP contribution is 2.22. The summed E-state index contributed by atoms with van der Waals surface area (Å²) in [5.41, 5.74) is 0. The fourth-order valence-electron chi connectivity index (χ4n) is 3.34. The lowest BCUT2D eigenvalue weighted by atomic mass is 9.99. The van der Waals surface area contributed by atoms with Crippen molar-refractivity contribution in [1.82, 2.24) is 5.32 Å². The molecule has 0 saturated carbocycles. The molecule has 10 nitrogen and oxygen atoms in total. The number of hydrogen-bond donors (Lipinski definition) is 7. The summed E-state index contributed by atoms with van der Waals surface area (Å²) in [6, 6.07) is -0.965. The fourth-order valence-corrected chi connectivity index (χ4v) is 3.34. The topological polar surface area (TPSA) is 169 Å². The molecule has 1 fully saturated rings. The highest BCUT2D eigenvalue weighted by molar-refractivity contribution is 5.80. The Hall–Kier alpha value is -1.11. The molecular formula is C22H41NO9. The summed E-state index contributed by atoms with van der Waals surface area (Å²) in [6.45, 7) is 3.13. The number of unbranched alkanes of at least 4 members (excludes halogenated alkanes) is 4. The van der Waals surface area contributed by atoms with E-state index in [9.17, 15) is 35.4 Å². The molecule has 0 aromatic rings. The number of allylic oxidation sites excluding steroid dienone is 1. The Labute approximate surface area is 189 Å². The van der Waals surface area contributed by atoms with Crippen molar-refractivity contribution in [3.8, 4) is 0 Å². The zero-order valence-corrected chi connectivity index (χ0v) is 19.0. The van der Waals surface area contributed by atoms with Gasteiger partial charge in [-0.05, 0) is 12.8 Å². The summed E-state index contributed by atoms with van der Waals surface area (Å²) in [7, 11) is 0. The SMILES string of the molecule is CCC/C=C/[C@@H](O)[C@H](CO[C@@H]1O[C@H](CO)[C@@H](O)[C@H](O)[C@H]1O)NC(=O)[C@H](O)CCCCCC. The first kappa shape index (κ1) is 28.9. The van der Waals surface area contributed by atoms with Gasteiger partial charge in [-0.15, -0.1) is 0 Å². The van der Waals surface area contributed by atoms with Gasteiger partial charge in [0.05, 0.1) is 25.4 Å². The Kier molecular flexibility index (Phi) is 14.2. The van der Waals surface area contributed by atoms with Gasteiger partial charge in [0.2, 0.25) is 5.91 Å². The Morgan fingerprint density at radius 2 is 1.78 bits per heavy atom. The minimum atomic E-state index is -1.60. The molecule has 1 heterocycles. The summed E-state index contributed by atoms with van der Waals surface area (Å²) < 4.78 is 10.8. The predicted molar refractivity (Wildman–Crippen MR) is 116 cm³/mol. The van der Waals surface area contributed by atoms with Crippen LogP contribution in [0.1, 0.15) is 58.8 Å². The molecule has 10 heteroatoms. The average molecular weight is 464 g/mol. The first-order chi connectivity index (χ1) is 15.3. The molecule has 32 heavy (non-hydrogen) atoms. The van der Waals surface area contributed by atoms with Gasteiger partial charge in [-0.3, -0.25) is 4.79 Å². The first-order valence-corrected chi connectivity index (χ1v) is 11.5. The summed E-state index contributed by atoms with van der Waals surface area (Å²) in [5, 5.41) is 62.4. The van der Waals surface area contributed by atoms with Crippen LogP contribution in [-0.2, 0) is 14.3 Å². The second-order valence-electron chi connectivity index (χ2n) is 8.22. The molecule has 0 bridgehead atoms. The number of rotatable bonds is 15. The molecule has 188 valence electrons. The van der Waals surface area contributed by atoms with E-state index in [-0.39, 0.29) is 6.61 Å². The van der Waals surface area contributed by atoms with E-state index in [0.717, 1.165) is 32.1 Å². The van der Waals surface area contributed by atoms with E-state index in [1.165, 1.54) is 6.08 Å². The molecule has 1 amide bonds. The number of ether oxygens (including phenoxy) is 2. The van der Waals surface area contributed by atoms with Gasteiger partial charge in [0.25, 0.3) is 0 Å². The molecule has 1 aliphatic heterocycles. The van der Waals surface area contributed by atoms with E-state index in [0.29, 0.717) is 12.8 Å². The van der Waals surface area contributed by atoms with Crippen LogP contribution in [0.4, 0.5) is 0 Å². The van der Waals surface area contributed by atoms with Gasteiger partial charge in [0.1, 0.15) is 30.5 Å². The van der Waals surface area contributed by atoms with E-state index in [4.69, 9.17) is 9.47 Å². The van der Waals surface area contributed by atoms with Gasteiger partial charge >= 0.3 is 0 Å². The van der Waals surface area contributed by atoms with Crippen molar-refractivity contribution < 1.29 is 44.9 Å². The molecule has 0 aliphatic carbocycles. The maximum Gasteiger partial charge on any atom is 0.249 e. The normalized spacial score (nSPS) is 29.1. The maximum absolute atomic E-state index is 12.4. The second kappa shape index (κ2) is 15.7. The van der Waals surface area contributed by atoms with E-state index in [1.807, 2.05) is 6.92 Å². The number of hydrogen-bond acceptors (Lipinski definition) is 9. The van der Waals surface area contributed by atoms with Crippen LogP contribution in [0.2, 0.25) is 0 Å². The number of carbonyl (C=O) groups excluding carboxylic acids is 1. The Morgan fingerprint density at radius 1 is 1.06 bits per heavy atom. The lowest BCUT2D eigenvalue weighted by Gasteiger charge is -2.40. The maximum atomic E-state index is 12.4. The van der Waals surface area contributed by atoms with Crippen LogP contribution in [0, 0.1) is 0 Å². The molecule has 1 aliphatic rings. The Balaban J connectivity index is 2.75. The molecular weight excluding hydrogens is 422 g/mol. The molecule has 0 aromatic carbocycles. The first-order valence-electron chi connectivity index (χ1n) is 11.5. The molecule has 1 rings (SSSR count). The van der Waals surface area contributed by atoms with E-state index < -0.39 is 61.5 Å². The van der Waals surface area contributed by atoms with Crippen molar-refractivity contribution in [3.63, 3.8) is 0 Å². The van der Waals surface area contributed by atoms with Gasteiger partial charge < -0.3 is 45.4 Å². The van der Waals surface area contributed by atoms with Crippen LogP contribution in [-0.4, -0.2) is 98.7 Å². The molecule has 8 atom stereocenters. The van der Waals surface area contributed by atoms with Crippen LogP contribution in [0.15, 0.2) is 12.2 Å². The minimum Gasteiger partial charge on any atom is -0.394 e.